The first kappa shape index (κ1) is 9.94. The third kappa shape index (κ3) is 1.30. The fourth-order valence-corrected chi connectivity index (χ4v) is 3.30. The molecule has 0 spiro atoms. The molecule has 3 heteroatoms. The van der Waals surface area contributed by atoms with Gasteiger partial charge in [-0.3, -0.25) is 4.98 Å². The van der Waals surface area contributed by atoms with Crippen molar-refractivity contribution in [3.63, 3.8) is 0 Å². The van der Waals surface area contributed by atoms with Gasteiger partial charge in [-0.2, -0.15) is 0 Å². The molecule has 16 heavy (non-hydrogen) atoms. The first-order chi connectivity index (χ1) is 7.79. The number of pyridine rings is 1. The predicted molar refractivity (Wildman–Crippen MR) is 67.1 cm³/mol. The summed E-state index contributed by atoms with van der Waals surface area (Å²) >= 11 is 0. The van der Waals surface area contributed by atoms with Crippen LogP contribution in [0.4, 0.5) is 11.4 Å². The van der Waals surface area contributed by atoms with Crippen LogP contribution in [0.3, 0.4) is 0 Å². The number of hydrogen-bond acceptors (Lipinski definition) is 3. The molecular weight excluding hydrogens is 198 g/mol. The van der Waals surface area contributed by atoms with Gasteiger partial charge in [-0.05, 0) is 18.9 Å². The Morgan fingerprint density at radius 1 is 1.06 bits per heavy atom. The zero-order valence-corrected chi connectivity index (χ0v) is 10.1. The second kappa shape index (κ2) is 3.65. The largest absolute Gasteiger partial charge is 0.368 e. The molecule has 2 atom stereocenters. The maximum absolute atomic E-state index is 4.25. The molecule has 1 saturated carbocycles. The van der Waals surface area contributed by atoms with Crippen LogP contribution in [0, 0.1) is 0 Å². The predicted octanol–water partition coefficient (Wildman–Crippen LogP) is 2.28. The lowest BCUT2D eigenvalue weighted by atomic mass is 9.86. The van der Waals surface area contributed by atoms with Gasteiger partial charge in [0.2, 0.25) is 0 Å². The highest BCUT2D eigenvalue weighted by molar-refractivity contribution is 5.73. The van der Waals surface area contributed by atoms with E-state index in [1.54, 1.807) is 0 Å². The number of hydrogen-bond donors (Lipinski definition) is 0. The Morgan fingerprint density at radius 2 is 1.69 bits per heavy atom. The van der Waals surface area contributed by atoms with E-state index in [-0.39, 0.29) is 0 Å². The van der Waals surface area contributed by atoms with Crippen molar-refractivity contribution in [2.24, 2.45) is 0 Å². The van der Waals surface area contributed by atoms with Crippen LogP contribution in [-0.2, 0) is 0 Å². The average Bonchev–Trinajstić information content (AvgIpc) is 2.36. The molecule has 1 unspecified atom stereocenters. The molecule has 1 fully saturated rings. The van der Waals surface area contributed by atoms with Crippen LogP contribution < -0.4 is 9.80 Å². The zero-order chi connectivity index (χ0) is 11.1. The highest BCUT2D eigenvalue weighted by Gasteiger charge is 2.37. The van der Waals surface area contributed by atoms with Crippen LogP contribution in [0.25, 0.3) is 0 Å². The van der Waals surface area contributed by atoms with Crippen molar-refractivity contribution in [3.05, 3.63) is 18.5 Å². The maximum atomic E-state index is 4.25. The van der Waals surface area contributed by atoms with Gasteiger partial charge in [-0.25, -0.2) is 0 Å². The Labute approximate surface area is 97.1 Å². The van der Waals surface area contributed by atoms with Gasteiger partial charge >= 0.3 is 0 Å². The van der Waals surface area contributed by atoms with Gasteiger partial charge in [0.25, 0.3) is 0 Å². The van der Waals surface area contributed by atoms with E-state index in [9.17, 15) is 0 Å². The van der Waals surface area contributed by atoms with Crippen LogP contribution in [0.2, 0.25) is 0 Å². The van der Waals surface area contributed by atoms with Crippen LogP contribution in [0.15, 0.2) is 18.5 Å². The minimum Gasteiger partial charge on any atom is -0.368 e. The standard InChI is InChI=1S/C13H19N3/c1-15-10-5-3-4-6-11(10)16(2)13-9-14-8-7-12(13)15/h7-11H,3-6H2,1-2H3/t10?,11-/m1/s1. The van der Waals surface area contributed by atoms with E-state index >= 15 is 0 Å². The average molecular weight is 217 g/mol. The molecule has 1 aliphatic heterocycles. The third-order valence-corrected chi connectivity index (χ3v) is 4.23. The Balaban J connectivity index is 2.05. The highest BCUT2D eigenvalue weighted by Crippen LogP contribution is 2.40. The van der Waals surface area contributed by atoms with Gasteiger partial charge in [-0.1, -0.05) is 12.8 Å². The lowest BCUT2D eigenvalue weighted by molar-refractivity contribution is 0.354. The molecule has 2 heterocycles. The summed E-state index contributed by atoms with van der Waals surface area (Å²) in [6.45, 7) is 0. The smallest absolute Gasteiger partial charge is 0.0791 e. The molecule has 0 radical (unpaired) electrons. The summed E-state index contributed by atoms with van der Waals surface area (Å²) in [5, 5.41) is 0. The quantitative estimate of drug-likeness (QED) is 0.664. The lowest BCUT2D eigenvalue weighted by Crippen LogP contribution is -2.55. The van der Waals surface area contributed by atoms with Crippen molar-refractivity contribution < 1.29 is 0 Å². The van der Waals surface area contributed by atoms with Crippen LogP contribution in [-0.4, -0.2) is 31.2 Å². The Kier molecular flexibility index (Phi) is 2.27. The second-order valence-corrected chi connectivity index (χ2v) is 5.01. The highest BCUT2D eigenvalue weighted by atomic mass is 15.3. The minimum atomic E-state index is 0.676. The van der Waals surface area contributed by atoms with Crippen molar-refractivity contribution in [1.29, 1.82) is 0 Å². The summed E-state index contributed by atoms with van der Waals surface area (Å²) in [4.78, 5) is 9.15. The fraction of sp³-hybridized carbons (Fsp3) is 0.615. The molecule has 1 aromatic heterocycles. The number of anilines is 2. The maximum Gasteiger partial charge on any atom is 0.0791 e. The van der Waals surface area contributed by atoms with E-state index in [1.807, 2.05) is 12.4 Å². The summed E-state index contributed by atoms with van der Waals surface area (Å²) in [5.41, 5.74) is 2.62. The van der Waals surface area contributed by atoms with Gasteiger partial charge in [0.1, 0.15) is 0 Å². The first-order valence-corrected chi connectivity index (χ1v) is 6.18. The van der Waals surface area contributed by atoms with Crippen LogP contribution in [0.5, 0.6) is 0 Å². The van der Waals surface area contributed by atoms with Gasteiger partial charge in [0.15, 0.2) is 0 Å². The first-order valence-electron chi connectivity index (χ1n) is 6.18. The van der Waals surface area contributed by atoms with E-state index in [4.69, 9.17) is 0 Å². The summed E-state index contributed by atoms with van der Waals surface area (Å²) in [6, 6.07) is 3.50. The monoisotopic (exact) mass is 217 g/mol. The molecule has 0 amide bonds. The molecule has 1 aromatic rings. The number of fused-ring (bicyclic) bond motifs is 2. The van der Waals surface area contributed by atoms with Crippen molar-refractivity contribution in [2.45, 2.75) is 37.8 Å². The Morgan fingerprint density at radius 3 is 2.38 bits per heavy atom. The molecule has 3 nitrogen and oxygen atoms in total. The molecule has 0 bridgehead atoms. The molecule has 1 aliphatic carbocycles. The summed E-state index contributed by atoms with van der Waals surface area (Å²) in [7, 11) is 4.45. The molecule has 2 aliphatic rings. The van der Waals surface area contributed by atoms with Crippen molar-refractivity contribution in [2.75, 3.05) is 23.9 Å². The summed E-state index contributed by atoms with van der Waals surface area (Å²) < 4.78 is 0. The SMILES string of the molecule is CN1c2ccncc2N(C)[C@@H]2CCCCC21. The van der Waals surface area contributed by atoms with Crippen LogP contribution >= 0.6 is 0 Å². The van der Waals surface area contributed by atoms with Crippen molar-refractivity contribution in [3.8, 4) is 0 Å². The summed E-state index contributed by atoms with van der Waals surface area (Å²) in [5.74, 6) is 0. The van der Waals surface area contributed by atoms with Crippen molar-refractivity contribution >= 4 is 11.4 Å². The molecule has 3 rings (SSSR count). The molecule has 86 valence electrons. The van der Waals surface area contributed by atoms with Gasteiger partial charge in [0.05, 0.1) is 17.6 Å². The van der Waals surface area contributed by atoms with Crippen LogP contribution in [0.1, 0.15) is 25.7 Å². The van der Waals surface area contributed by atoms with E-state index in [1.165, 1.54) is 37.1 Å². The van der Waals surface area contributed by atoms with E-state index < -0.39 is 0 Å². The number of nitrogens with zero attached hydrogens (tertiary/aromatic N) is 3. The zero-order valence-electron chi connectivity index (χ0n) is 10.1. The van der Waals surface area contributed by atoms with E-state index in [2.05, 4.69) is 34.9 Å². The Bertz CT molecular complexity index is 354. The van der Waals surface area contributed by atoms with E-state index in [0.717, 1.165) is 0 Å². The minimum absolute atomic E-state index is 0.676. The second-order valence-electron chi connectivity index (χ2n) is 5.01. The Hall–Kier alpha value is -1.25. The fourth-order valence-electron chi connectivity index (χ4n) is 3.30. The van der Waals surface area contributed by atoms with E-state index in [0.29, 0.717) is 12.1 Å². The summed E-state index contributed by atoms with van der Waals surface area (Å²) in [6.07, 6.45) is 9.28. The van der Waals surface area contributed by atoms with Crippen molar-refractivity contribution in [1.82, 2.24) is 4.98 Å². The molecule has 0 N–H and O–H groups in total. The molecular formula is C13H19N3. The number of likely N-dealkylation sites (N-methyl/N-ethyl adjacent to an activating group) is 2. The van der Waals surface area contributed by atoms with Gasteiger partial charge in [-0.15, -0.1) is 0 Å². The lowest BCUT2D eigenvalue weighted by Gasteiger charge is -2.49. The van der Waals surface area contributed by atoms with Gasteiger partial charge in [0, 0.05) is 32.4 Å². The topological polar surface area (TPSA) is 19.4 Å². The third-order valence-electron chi connectivity index (χ3n) is 4.23. The molecule has 0 aromatic carbocycles. The normalized spacial score (nSPS) is 28.6. The van der Waals surface area contributed by atoms with Gasteiger partial charge < -0.3 is 9.80 Å². The number of aromatic nitrogens is 1. The number of rotatable bonds is 0. The molecule has 0 saturated heterocycles.